The van der Waals surface area contributed by atoms with E-state index in [1.165, 1.54) is 4.31 Å². The van der Waals surface area contributed by atoms with Gasteiger partial charge >= 0.3 is 0 Å². The van der Waals surface area contributed by atoms with Crippen molar-refractivity contribution >= 4 is 10.2 Å². The maximum atomic E-state index is 12.0. The zero-order valence-electron chi connectivity index (χ0n) is 12.8. The highest BCUT2D eigenvalue weighted by molar-refractivity contribution is 7.87. The molecule has 0 rings (SSSR count). The Morgan fingerprint density at radius 2 is 1.89 bits per heavy atom. The van der Waals surface area contributed by atoms with E-state index < -0.39 is 10.2 Å². The maximum absolute atomic E-state index is 12.0. The molecule has 0 aliphatic rings. The Hall–Kier alpha value is -0.210. The van der Waals surface area contributed by atoms with Crippen LogP contribution in [0.2, 0.25) is 0 Å². The van der Waals surface area contributed by atoms with Gasteiger partial charge in [0.15, 0.2) is 0 Å². The highest BCUT2D eigenvalue weighted by atomic mass is 32.2. The molecule has 116 valence electrons. The van der Waals surface area contributed by atoms with Gasteiger partial charge in [0.25, 0.3) is 10.2 Å². The first-order valence-electron chi connectivity index (χ1n) is 6.75. The van der Waals surface area contributed by atoms with Crippen molar-refractivity contribution in [1.82, 2.24) is 14.3 Å². The van der Waals surface area contributed by atoms with Gasteiger partial charge in [0.2, 0.25) is 0 Å². The second-order valence-corrected chi connectivity index (χ2v) is 6.90. The fourth-order valence-corrected chi connectivity index (χ4v) is 2.69. The van der Waals surface area contributed by atoms with E-state index in [0.717, 1.165) is 13.0 Å². The summed E-state index contributed by atoms with van der Waals surface area (Å²) in [6.45, 7) is 7.85. The normalized spacial score (nSPS) is 14.3. The minimum Gasteiger partial charge on any atom is -0.385 e. The largest absolute Gasteiger partial charge is 0.385 e. The molecule has 0 saturated heterocycles. The average Bonchev–Trinajstić information content (AvgIpc) is 2.30. The van der Waals surface area contributed by atoms with Gasteiger partial charge < -0.3 is 10.1 Å². The monoisotopic (exact) mass is 295 g/mol. The molecule has 0 aromatic carbocycles. The van der Waals surface area contributed by atoms with Crippen molar-refractivity contribution < 1.29 is 13.2 Å². The summed E-state index contributed by atoms with van der Waals surface area (Å²) in [5, 5.41) is 3.26. The van der Waals surface area contributed by atoms with Gasteiger partial charge in [-0.3, -0.25) is 0 Å². The summed E-state index contributed by atoms with van der Waals surface area (Å²) in [4.78, 5) is 0. The molecule has 1 atom stereocenters. The van der Waals surface area contributed by atoms with Gasteiger partial charge in [-0.25, -0.2) is 0 Å². The fourth-order valence-electron chi connectivity index (χ4n) is 1.51. The molecule has 0 aliphatic heterocycles. The Morgan fingerprint density at radius 3 is 2.42 bits per heavy atom. The number of nitrogens with one attached hydrogen (secondary N) is 2. The highest BCUT2D eigenvalue weighted by Gasteiger charge is 2.19. The minimum atomic E-state index is -3.39. The number of ether oxygens (including phenoxy) is 1. The molecule has 0 fully saturated rings. The predicted molar refractivity (Wildman–Crippen MR) is 78.4 cm³/mol. The Balaban J connectivity index is 4.03. The summed E-state index contributed by atoms with van der Waals surface area (Å²) in [5.74, 6) is 0. The summed E-state index contributed by atoms with van der Waals surface area (Å²) < 4.78 is 32.9. The van der Waals surface area contributed by atoms with E-state index in [4.69, 9.17) is 4.74 Å². The third kappa shape index (κ3) is 9.34. The van der Waals surface area contributed by atoms with Crippen LogP contribution in [0.4, 0.5) is 0 Å². The standard InChI is InChI=1S/C12H29N3O3S/c1-11(2)13-8-6-9-15(4)19(16,17)14-12(3)7-10-18-5/h11-14H,6-10H2,1-5H3. The Kier molecular flexibility index (Phi) is 9.55. The van der Waals surface area contributed by atoms with Crippen molar-refractivity contribution in [1.29, 1.82) is 0 Å². The first-order chi connectivity index (χ1) is 8.79. The molecule has 0 radical (unpaired) electrons. The van der Waals surface area contributed by atoms with Crippen LogP contribution in [-0.2, 0) is 14.9 Å². The Morgan fingerprint density at radius 1 is 1.26 bits per heavy atom. The third-order valence-corrected chi connectivity index (χ3v) is 4.42. The van der Waals surface area contributed by atoms with Crippen LogP contribution in [0, 0.1) is 0 Å². The molecule has 1 unspecified atom stereocenters. The zero-order chi connectivity index (χ0) is 14.9. The van der Waals surface area contributed by atoms with Crippen LogP contribution in [0.25, 0.3) is 0 Å². The van der Waals surface area contributed by atoms with Gasteiger partial charge in [0, 0.05) is 39.4 Å². The summed E-state index contributed by atoms with van der Waals surface area (Å²) in [5.41, 5.74) is 0. The number of hydrogen-bond acceptors (Lipinski definition) is 4. The van der Waals surface area contributed by atoms with E-state index >= 15 is 0 Å². The average molecular weight is 295 g/mol. The Bertz CT molecular complexity index is 320. The SMILES string of the molecule is COCCC(C)NS(=O)(=O)N(C)CCCNC(C)C. The van der Waals surface area contributed by atoms with Crippen molar-refractivity contribution in [3.8, 4) is 0 Å². The summed E-state index contributed by atoms with van der Waals surface area (Å²) >= 11 is 0. The molecule has 0 spiro atoms. The van der Waals surface area contributed by atoms with Crippen molar-refractivity contribution in [3.63, 3.8) is 0 Å². The second-order valence-electron chi connectivity index (χ2n) is 5.09. The van der Waals surface area contributed by atoms with Crippen molar-refractivity contribution in [2.24, 2.45) is 0 Å². The lowest BCUT2D eigenvalue weighted by Gasteiger charge is -2.21. The van der Waals surface area contributed by atoms with E-state index in [0.29, 0.717) is 25.6 Å². The van der Waals surface area contributed by atoms with E-state index in [2.05, 4.69) is 23.9 Å². The van der Waals surface area contributed by atoms with Crippen LogP contribution in [-0.4, -0.2) is 58.7 Å². The van der Waals surface area contributed by atoms with Crippen LogP contribution < -0.4 is 10.0 Å². The lowest BCUT2D eigenvalue weighted by molar-refractivity contribution is 0.187. The van der Waals surface area contributed by atoms with Gasteiger partial charge in [-0.15, -0.1) is 0 Å². The quantitative estimate of drug-likeness (QED) is 0.547. The number of hydrogen-bond donors (Lipinski definition) is 2. The first kappa shape index (κ1) is 18.8. The molecule has 0 saturated carbocycles. The van der Waals surface area contributed by atoms with Crippen LogP contribution in [0.5, 0.6) is 0 Å². The molecule has 0 bridgehead atoms. The fraction of sp³-hybridized carbons (Fsp3) is 1.00. The van der Waals surface area contributed by atoms with Gasteiger partial charge in [0.1, 0.15) is 0 Å². The number of methoxy groups -OCH3 is 1. The van der Waals surface area contributed by atoms with Gasteiger partial charge in [0.05, 0.1) is 0 Å². The lowest BCUT2D eigenvalue weighted by Crippen LogP contribution is -2.43. The lowest BCUT2D eigenvalue weighted by atomic mass is 10.3. The van der Waals surface area contributed by atoms with E-state index in [1.54, 1.807) is 14.2 Å². The molecular weight excluding hydrogens is 266 g/mol. The third-order valence-electron chi connectivity index (χ3n) is 2.72. The molecule has 0 aromatic heterocycles. The molecule has 0 amide bonds. The topological polar surface area (TPSA) is 70.7 Å². The number of rotatable bonds is 11. The van der Waals surface area contributed by atoms with E-state index in [-0.39, 0.29) is 6.04 Å². The second kappa shape index (κ2) is 9.66. The molecule has 0 aliphatic carbocycles. The molecule has 7 heteroatoms. The zero-order valence-corrected chi connectivity index (χ0v) is 13.6. The van der Waals surface area contributed by atoms with Gasteiger partial charge in [-0.1, -0.05) is 13.8 Å². The van der Waals surface area contributed by atoms with Gasteiger partial charge in [-0.05, 0) is 26.3 Å². The van der Waals surface area contributed by atoms with Crippen molar-refractivity contribution in [3.05, 3.63) is 0 Å². The smallest absolute Gasteiger partial charge is 0.279 e. The Labute approximate surface area is 118 Å². The van der Waals surface area contributed by atoms with E-state index in [1.807, 2.05) is 6.92 Å². The van der Waals surface area contributed by atoms with Crippen molar-refractivity contribution in [2.75, 3.05) is 33.9 Å². The van der Waals surface area contributed by atoms with Crippen molar-refractivity contribution in [2.45, 2.75) is 45.7 Å². The number of nitrogens with zero attached hydrogens (tertiary/aromatic N) is 1. The highest BCUT2D eigenvalue weighted by Crippen LogP contribution is 2.00. The molecule has 0 heterocycles. The molecule has 19 heavy (non-hydrogen) atoms. The van der Waals surface area contributed by atoms with E-state index in [9.17, 15) is 8.42 Å². The summed E-state index contributed by atoms with van der Waals surface area (Å²) in [6.07, 6.45) is 1.46. The van der Waals surface area contributed by atoms with Gasteiger partial charge in [-0.2, -0.15) is 17.4 Å². The van der Waals surface area contributed by atoms with Crippen LogP contribution in [0.3, 0.4) is 0 Å². The van der Waals surface area contributed by atoms with Crippen LogP contribution >= 0.6 is 0 Å². The molecule has 6 nitrogen and oxygen atoms in total. The van der Waals surface area contributed by atoms with Crippen LogP contribution in [0.15, 0.2) is 0 Å². The first-order valence-corrected chi connectivity index (χ1v) is 8.19. The maximum Gasteiger partial charge on any atom is 0.279 e. The molecule has 0 aromatic rings. The summed E-state index contributed by atoms with van der Waals surface area (Å²) in [6, 6.07) is 0.301. The molecular formula is C12H29N3O3S. The predicted octanol–water partition coefficient (Wildman–Crippen LogP) is 0.566. The minimum absolute atomic E-state index is 0.124. The molecule has 2 N–H and O–H groups in total. The summed E-state index contributed by atoms with van der Waals surface area (Å²) in [7, 11) is -0.186. The van der Waals surface area contributed by atoms with Crippen LogP contribution in [0.1, 0.15) is 33.6 Å².